The molecule has 4 N–H and O–H groups in total. The molecule has 1 aromatic heterocycles. The third-order valence-corrected chi connectivity index (χ3v) is 5.91. The van der Waals surface area contributed by atoms with Crippen LogP contribution >= 0.6 is 11.3 Å². The maximum absolute atomic E-state index is 13.0. The standard InChI is InChI=1S/C20H19N3O4S2/c1-13-4-6-14(7-5-13)18(24)19(23-20(25)17-3-2-12-28-17)22-15-8-10-16(11-9-15)29(21,26)27/h2-12,19,22H,1H3,(H,23,25)(H2,21,26,27)/t19-/m0/s1. The molecule has 0 aliphatic rings. The van der Waals surface area contributed by atoms with E-state index in [9.17, 15) is 18.0 Å². The maximum Gasteiger partial charge on any atom is 0.263 e. The van der Waals surface area contributed by atoms with E-state index in [1.54, 1.807) is 29.6 Å². The summed E-state index contributed by atoms with van der Waals surface area (Å²) in [6, 6.07) is 16.0. The van der Waals surface area contributed by atoms with E-state index < -0.39 is 16.2 Å². The van der Waals surface area contributed by atoms with Crippen molar-refractivity contribution < 1.29 is 18.0 Å². The molecule has 9 heteroatoms. The van der Waals surface area contributed by atoms with Crippen molar-refractivity contribution in [1.82, 2.24) is 5.32 Å². The van der Waals surface area contributed by atoms with Crippen LogP contribution in [0.5, 0.6) is 0 Å². The Morgan fingerprint density at radius 1 is 1.00 bits per heavy atom. The highest BCUT2D eigenvalue weighted by Crippen LogP contribution is 2.16. The lowest BCUT2D eigenvalue weighted by Crippen LogP contribution is -2.46. The summed E-state index contributed by atoms with van der Waals surface area (Å²) in [6.45, 7) is 1.91. The van der Waals surface area contributed by atoms with Gasteiger partial charge in [0, 0.05) is 11.3 Å². The van der Waals surface area contributed by atoms with Gasteiger partial charge in [0.15, 0.2) is 6.17 Å². The Labute approximate surface area is 172 Å². The van der Waals surface area contributed by atoms with Gasteiger partial charge in [-0.2, -0.15) is 0 Å². The molecule has 3 aromatic rings. The summed E-state index contributed by atoms with van der Waals surface area (Å²) in [4.78, 5) is 25.9. The maximum atomic E-state index is 13.0. The summed E-state index contributed by atoms with van der Waals surface area (Å²) in [6.07, 6.45) is -1.05. The zero-order valence-corrected chi connectivity index (χ0v) is 17.1. The van der Waals surface area contributed by atoms with Gasteiger partial charge in [-0.3, -0.25) is 9.59 Å². The summed E-state index contributed by atoms with van der Waals surface area (Å²) in [7, 11) is -3.82. The molecule has 0 radical (unpaired) electrons. The largest absolute Gasteiger partial charge is 0.359 e. The lowest BCUT2D eigenvalue weighted by Gasteiger charge is -2.20. The van der Waals surface area contributed by atoms with E-state index in [1.165, 1.54) is 35.6 Å². The van der Waals surface area contributed by atoms with Crippen LogP contribution in [0.2, 0.25) is 0 Å². The lowest BCUT2D eigenvalue weighted by molar-refractivity contribution is 0.0872. The highest BCUT2D eigenvalue weighted by atomic mass is 32.2. The molecule has 0 bridgehead atoms. The number of anilines is 1. The molecular weight excluding hydrogens is 410 g/mol. The summed E-state index contributed by atoms with van der Waals surface area (Å²) in [5.41, 5.74) is 1.89. The summed E-state index contributed by atoms with van der Waals surface area (Å²) in [5, 5.41) is 12.5. The van der Waals surface area contributed by atoms with Crippen molar-refractivity contribution in [2.45, 2.75) is 18.0 Å². The Morgan fingerprint density at radius 3 is 2.21 bits per heavy atom. The predicted octanol–water partition coefficient (Wildman–Crippen LogP) is 2.75. The van der Waals surface area contributed by atoms with Crippen LogP contribution in [0, 0.1) is 6.92 Å². The number of benzene rings is 2. The Balaban J connectivity index is 1.86. The van der Waals surface area contributed by atoms with E-state index in [-0.39, 0.29) is 16.6 Å². The number of sulfonamides is 1. The first-order valence-corrected chi connectivity index (χ1v) is 11.0. The fraction of sp³-hybridized carbons (Fsp3) is 0.100. The number of hydrogen-bond acceptors (Lipinski definition) is 6. The number of primary sulfonamides is 1. The monoisotopic (exact) mass is 429 g/mol. The van der Waals surface area contributed by atoms with Crippen molar-refractivity contribution in [3.63, 3.8) is 0 Å². The van der Waals surface area contributed by atoms with E-state index in [0.717, 1.165) is 5.56 Å². The molecule has 1 amide bonds. The molecule has 150 valence electrons. The van der Waals surface area contributed by atoms with Gasteiger partial charge in [0.1, 0.15) is 0 Å². The number of rotatable bonds is 7. The van der Waals surface area contributed by atoms with Crippen molar-refractivity contribution in [2.75, 3.05) is 5.32 Å². The molecule has 0 saturated carbocycles. The van der Waals surface area contributed by atoms with Crippen LogP contribution in [-0.4, -0.2) is 26.3 Å². The first-order chi connectivity index (χ1) is 13.7. The van der Waals surface area contributed by atoms with Crippen molar-refractivity contribution >= 4 is 38.7 Å². The van der Waals surface area contributed by atoms with E-state index in [1.807, 2.05) is 19.1 Å². The summed E-state index contributed by atoms with van der Waals surface area (Å²) < 4.78 is 22.8. The van der Waals surface area contributed by atoms with Gasteiger partial charge in [-0.05, 0) is 42.6 Å². The van der Waals surface area contributed by atoms with Crippen LogP contribution in [0.4, 0.5) is 5.69 Å². The normalized spacial score (nSPS) is 12.2. The number of Topliss-reactive ketones (excluding diaryl/α,β-unsaturated/α-hetero) is 1. The first kappa shape index (κ1) is 20.7. The average molecular weight is 430 g/mol. The Kier molecular flexibility index (Phi) is 6.12. The Morgan fingerprint density at radius 2 is 1.66 bits per heavy atom. The number of carbonyl (C=O) groups is 2. The number of hydrogen-bond donors (Lipinski definition) is 3. The number of nitrogens with one attached hydrogen (secondary N) is 2. The number of amides is 1. The minimum Gasteiger partial charge on any atom is -0.359 e. The molecule has 1 atom stereocenters. The van der Waals surface area contributed by atoms with Crippen LogP contribution < -0.4 is 15.8 Å². The molecule has 0 saturated heterocycles. The van der Waals surface area contributed by atoms with Crippen LogP contribution in [-0.2, 0) is 10.0 Å². The SMILES string of the molecule is Cc1ccc(C(=O)[C@H](NC(=O)c2cccs2)Nc2ccc(S(N)(=O)=O)cc2)cc1. The van der Waals surface area contributed by atoms with Crippen molar-refractivity contribution in [1.29, 1.82) is 0 Å². The smallest absolute Gasteiger partial charge is 0.263 e. The zero-order chi connectivity index (χ0) is 21.0. The Bertz CT molecular complexity index is 1110. The van der Waals surface area contributed by atoms with Gasteiger partial charge in [0.05, 0.1) is 9.77 Å². The van der Waals surface area contributed by atoms with Gasteiger partial charge in [0.2, 0.25) is 15.8 Å². The quantitative estimate of drug-likeness (QED) is 0.394. The molecule has 0 aliphatic heterocycles. The zero-order valence-electron chi connectivity index (χ0n) is 15.5. The van der Waals surface area contributed by atoms with Gasteiger partial charge in [-0.15, -0.1) is 11.3 Å². The molecular formula is C20H19N3O4S2. The van der Waals surface area contributed by atoms with Gasteiger partial charge in [-0.25, -0.2) is 13.6 Å². The van der Waals surface area contributed by atoms with Crippen molar-refractivity contribution in [2.24, 2.45) is 5.14 Å². The van der Waals surface area contributed by atoms with Gasteiger partial charge in [0.25, 0.3) is 5.91 Å². The molecule has 0 fully saturated rings. The molecule has 29 heavy (non-hydrogen) atoms. The number of carbonyl (C=O) groups excluding carboxylic acids is 2. The van der Waals surface area contributed by atoms with Crippen LogP contribution in [0.25, 0.3) is 0 Å². The topological polar surface area (TPSA) is 118 Å². The van der Waals surface area contributed by atoms with Crippen molar-refractivity contribution in [3.05, 3.63) is 82.0 Å². The van der Waals surface area contributed by atoms with E-state index >= 15 is 0 Å². The predicted molar refractivity (Wildman–Crippen MR) is 113 cm³/mol. The van der Waals surface area contributed by atoms with Gasteiger partial charge < -0.3 is 10.6 Å². The minimum atomic E-state index is -3.82. The first-order valence-electron chi connectivity index (χ1n) is 8.59. The summed E-state index contributed by atoms with van der Waals surface area (Å²) >= 11 is 1.26. The number of ketones is 1. The average Bonchev–Trinajstić information content (AvgIpc) is 3.22. The lowest BCUT2D eigenvalue weighted by atomic mass is 10.1. The van der Waals surface area contributed by atoms with Crippen LogP contribution in [0.1, 0.15) is 25.6 Å². The minimum absolute atomic E-state index is 0.0490. The second-order valence-corrected chi connectivity index (χ2v) is 8.84. The van der Waals surface area contributed by atoms with Crippen LogP contribution in [0.15, 0.2) is 70.9 Å². The number of nitrogens with two attached hydrogens (primary N) is 1. The number of thiophene rings is 1. The van der Waals surface area contributed by atoms with E-state index in [2.05, 4.69) is 10.6 Å². The Hall–Kier alpha value is -3.01. The van der Waals surface area contributed by atoms with Gasteiger partial charge >= 0.3 is 0 Å². The molecule has 0 unspecified atom stereocenters. The summed E-state index contributed by atoms with van der Waals surface area (Å²) in [5.74, 6) is -0.718. The van der Waals surface area contributed by atoms with Crippen molar-refractivity contribution in [3.8, 4) is 0 Å². The third-order valence-electron chi connectivity index (χ3n) is 4.11. The van der Waals surface area contributed by atoms with Crippen LogP contribution in [0.3, 0.4) is 0 Å². The molecule has 7 nitrogen and oxygen atoms in total. The number of aryl methyl sites for hydroxylation is 1. The van der Waals surface area contributed by atoms with E-state index in [4.69, 9.17) is 5.14 Å². The second-order valence-electron chi connectivity index (χ2n) is 6.33. The van der Waals surface area contributed by atoms with E-state index in [0.29, 0.717) is 16.1 Å². The molecule has 3 rings (SSSR count). The fourth-order valence-electron chi connectivity index (χ4n) is 2.57. The highest BCUT2D eigenvalue weighted by Gasteiger charge is 2.23. The highest BCUT2D eigenvalue weighted by molar-refractivity contribution is 7.89. The molecule has 0 aliphatic carbocycles. The van der Waals surface area contributed by atoms with Gasteiger partial charge in [-0.1, -0.05) is 35.9 Å². The molecule has 1 heterocycles. The third kappa shape index (κ3) is 5.29. The molecule has 2 aromatic carbocycles. The second kappa shape index (κ2) is 8.56. The fourth-order valence-corrected chi connectivity index (χ4v) is 3.71. The molecule has 0 spiro atoms.